The summed E-state index contributed by atoms with van der Waals surface area (Å²) in [6.45, 7) is 5.57. The van der Waals surface area contributed by atoms with Crippen LogP contribution in [-0.2, 0) is 11.3 Å². The van der Waals surface area contributed by atoms with E-state index < -0.39 is 0 Å². The first kappa shape index (κ1) is 16.7. The summed E-state index contributed by atoms with van der Waals surface area (Å²) in [5.41, 5.74) is 0. The largest absolute Gasteiger partial charge is 0.376 e. The normalized spacial score (nSPS) is 23.0. The van der Waals surface area contributed by atoms with Crippen LogP contribution >= 0.6 is 11.3 Å². The monoisotopic (exact) mass is 337 g/mol. The van der Waals surface area contributed by atoms with Crippen molar-refractivity contribution >= 4 is 17.4 Å². The molecule has 0 aliphatic carbocycles. The SMILES string of the molecule is O=C(NCC1CCN(Cc2cccs2)CC1)NC[C@@H]1CCCO1. The Kier molecular flexibility index (Phi) is 6.30. The highest BCUT2D eigenvalue weighted by Crippen LogP contribution is 2.20. The van der Waals surface area contributed by atoms with Gasteiger partial charge in [0.15, 0.2) is 0 Å². The van der Waals surface area contributed by atoms with Crippen LogP contribution in [0.25, 0.3) is 0 Å². The van der Waals surface area contributed by atoms with Gasteiger partial charge in [0.1, 0.15) is 0 Å². The number of likely N-dealkylation sites (tertiary alicyclic amines) is 1. The quantitative estimate of drug-likeness (QED) is 0.838. The number of amides is 2. The van der Waals surface area contributed by atoms with E-state index in [2.05, 4.69) is 33.0 Å². The van der Waals surface area contributed by atoms with Crippen molar-refractivity contribution in [3.8, 4) is 0 Å². The molecule has 3 rings (SSSR count). The molecular weight excluding hydrogens is 310 g/mol. The number of nitrogens with one attached hydrogen (secondary N) is 2. The molecule has 2 aliphatic heterocycles. The first-order chi connectivity index (χ1) is 11.3. The fourth-order valence-corrected chi connectivity index (χ4v) is 4.03. The summed E-state index contributed by atoms with van der Waals surface area (Å²) in [6.07, 6.45) is 4.71. The van der Waals surface area contributed by atoms with Crippen LogP contribution in [0.4, 0.5) is 4.79 Å². The molecule has 3 heterocycles. The van der Waals surface area contributed by atoms with Crippen LogP contribution < -0.4 is 10.6 Å². The van der Waals surface area contributed by atoms with Gasteiger partial charge in [0, 0.05) is 31.1 Å². The van der Waals surface area contributed by atoms with E-state index in [0.717, 1.165) is 58.5 Å². The van der Waals surface area contributed by atoms with E-state index in [4.69, 9.17) is 4.74 Å². The van der Waals surface area contributed by atoms with Crippen LogP contribution in [0.3, 0.4) is 0 Å². The van der Waals surface area contributed by atoms with E-state index in [0.29, 0.717) is 12.5 Å². The second kappa shape index (κ2) is 8.66. The number of piperidine rings is 1. The Morgan fingerprint density at radius 1 is 1.26 bits per heavy atom. The maximum absolute atomic E-state index is 11.8. The number of ether oxygens (including phenoxy) is 1. The summed E-state index contributed by atoms with van der Waals surface area (Å²) in [5, 5.41) is 8.07. The number of carbonyl (C=O) groups is 1. The van der Waals surface area contributed by atoms with Crippen LogP contribution in [0, 0.1) is 5.92 Å². The smallest absolute Gasteiger partial charge is 0.314 e. The van der Waals surface area contributed by atoms with Crippen molar-refractivity contribution in [3.05, 3.63) is 22.4 Å². The summed E-state index contributed by atoms with van der Waals surface area (Å²) in [4.78, 5) is 15.8. The fourth-order valence-electron chi connectivity index (χ4n) is 3.28. The van der Waals surface area contributed by atoms with Gasteiger partial charge in [-0.3, -0.25) is 4.90 Å². The van der Waals surface area contributed by atoms with E-state index in [-0.39, 0.29) is 12.1 Å². The first-order valence-corrected chi connectivity index (χ1v) is 9.55. The number of urea groups is 1. The zero-order valence-corrected chi connectivity index (χ0v) is 14.4. The van der Waals surface area contributed by atoms with Crippen molar-refractivity contribution in [3.63, 3.8) is 0 Å². The molecule has 128 valence electrons. The van der Waals surface area contributed by atoms with E-state index >= 15 is 0 Å². The van der Waals surface area contributed by atoms with Crippen LogP contribution in [0.2, 0.25) is 0 Å². The molecule has 0 aromatic carbocycles. The second-order valence-electron chi connectivity index (χ2n) is 6.52. The van der Waals surface area contributed by atoms with Crippen LogP contribution in [0.15, 0.2) is 17.5 Å². The molecule has 0 bridgehead atoms. The molecular formula is C17H27N3O2S. The van der Waals surface area contributed by atoms with E-state index in [1.54, 1.807) is 0 Å². The van der Waals surface area contributed by atoms with Crippen molar-refractivity contribution in [2.24, 2.45) is 5.92 Å². The van der Waals surface area contributed by atoms with Gasteiger partial charge in [0.05, 0.1) is 6.10 Å². The molecule has 2 N–H and O–H groups in total. The molecule has 2 fully saturated rings. The van der Waals surface area contributed by atoms with Gasteiger partial charge in [0.2, 0.25) is 0 Å². The predicted octanol–water partition coefficient (Wildman–Crippen LogP) is 2.44. The van der Waals surface area contributed by atoms with Gasteiger partial charge in [-0.1, -0.05) is 6.07 Å². The van der Waals surface area contributed by atoms with E-state index in [1.165, 1.54) is 4.88 Å². The predicted molar refractivity (Wildman–Crippen MR) is 92.7 cm³/mol. The number of hydrogen-bond acceptors (Lipinski definition) is 4. The molecule has 2 saturated heterocycles. The van der Waals surface area contributed by atoms with Crippen LogP contribution in [0.5, 0.6) is 0 Å². The Morgan fingerprint density at radius 2 is 2.09 bits per heavy atom. The lowest BCUT2D eigenvalue weighted by atomic mass is 9.97. The van der Waals surface area contributed by atoms with Crippen LogP contribution in [-0.4, -0.2) is 49.8 Å². The van der Waals surface area contributed by atoms with Gasteiger partial charge >= 0.3 is 6.03 Å². The van der Waals surface area contributed by atoms with Crippen molar-refractivity contribution in [2.45, 2.75) is 38.3 Å². The number of nitrogens with zero attached hydrogens (tertiary/aromatic N) is 1. The lowest BCUT2D eigenvalue weighted by Crippen LogP contribution is -2.43. The molecule has 2 aliphatic rings. The molecule has 1 atom stereocenters. The van der Waals surface area contributed by atoms with Gasteiger partial charge in [-0.05, 0) is 56.1 Å². The summed E-state index contributed by atoms with van der Waals surface area (Å²) < 4.78 is 5.51. The highest BCUT2D eigenvalue weighted by atomic mass is 32.1. The van der Waals surface area contributed by atoms with E-state index in [1.807, 2.05) is 11.3 Å². The Bertz CT molecular complexity index is 466. The lowest BCUT2D eigenvalue weighted by Gasteiger charge is -2.31. The molecule has 1 aromatic heterocycles. The topological polar surface area (TPSA) is 53.6 Å². The summed E-state index contributed by atoms with van der Waals surface area (Å²) in [7, 11) is 0. The molecule has 0 radical (unpaired) electrons. The second-order valence-corrected chi connectivity index (χ2v) is 7.56. The Labute approximate surface area is 142 Å². The third-order valence-electron chi connectivity index (χ3n) is 4.73. The first-order valence-electron chi connectivity index (χ1n) is 8.67. The maximum Gasteiger partial charge on any atom is 0.314 e. The maximum atomic E-state index is 11.8. The summed E-state index contributed by atoms with van der Waals surface area (Å²) in [6, 6.07) is 4.27. The van der Waals surface area contributed by atoms with Gasteiger partial charge < -0.3 is 15.4 Å². The summed E-state index contributed by atoms with van der Waals surface area (Å²) in [5.74, 6) is 0.600. The molecule has 6 heteroatoms. The average Bonchev–Trinajstić information content (AvgIpc) is 3.26. The van der Waals surface area contributed by atoms with Gasteiger partial charge in [-0.15, -0.1) is 11.3 Å². The number of carbonyl (C=O) groups excluding carboxylic acids is 1. The molecule has 1 aromatic rings. The van der Waals surface area contributed by atoms with Gasteiger partial charge in [-0.2, -0.15) is 0 Å². The molecule has 0 spiro atoms. The molecule has 0 unspecified atom stereocenters. The molecule has 23 heavy (non-hydrogen) atoms. The van der Waals surface area contributed by atoms with Crippen molar-refractivity contribution in [2.75, 3.05) is 32.8 Å². The van der Waals surface area contributed by atoms with Gasteiger partial charge in [-0.25, -0.2) is 4.79 Å². The zero-order valence-electron chi connectivity index (χ0n) is 13.6. The number of thiophene rings is 1. The van der Waals surface area contributed by atoms with Crippen LogP contribution in [0.1, 0.15) is 30.6 Å². The number of hydrogen-bond donors (Lipinski definition) is 2. The van der Waals surface area contributed by atoms with Gasteiger partial charge in [0.25, 0.3) is 0 Å². The highest BCUT2D eigenvalue weighted by Gasteiger charge is 2.20. The Balaban J connectivity index is 1.27. The third-order valence-corrected chi connectivity index (χ3v) is 5.59. The number of rotatable bonds is 6. The summed E-state index contributed by atoms with van der Waals surface area (Å²) >= 11 is 1.83. The minimum atomic E-state index is -0.0542. The fraction of sp³-hybridized carbons (Fsp3) is 0.706. The Morgan fingerprint density at radius 3 is 2.78 bits per heavy atom. The minimum absolute atomic E-state index is 0.0542. The third kappa shape index (κ3) is 5.48. The lowest BCUT2D eigenvalue weighted by molar-refractivity contribution is 0.111. The average molecular weight is 337 g/mol. The molecule has 2 amide bonds. The van der Waals surface area contributed by atoms with Crippen molar-refractivity contribution in [1.82, 2.24) is 15.5 Å². The molecule has 0 saturated carbocycles. The Hall–Kier alpha value is -1.11. The zero-order chi connectivity index (χ0) is 15.9. The van der Waals surface area contributed by atoms with E-state index in [9.17, 15) is 4.79 Å². The minimum Gasteiger partial charge on any atom is -0.376 e. The highest BCUT2D eigenvalue weighted by molar-refractivity contribution is 7.09. The molecule has 5 nitrogen and oxygen atoms in total. The standard InChI is InChI=1S/C17H27N3O2S/c21-17(19-12-15-3-1-9-22-15)18-11-14-5-7-20(8-6-14)13-16-4-2-10-23-16/h2,4,10,14-15H,1,3,5-9,11-13H2,(H2,18,19,21)/t15-/m0/s1. The van der Waals surface area contributed by atoms with Crippen molar-refractivity contribution < 1.29 is 9.53 Å². The van der Waals surface area contributed by atoms with Crippen molar-refractivity contribution in [1.29, 1.82) is 0 Å².